The van der Waals surface area contributed by atoms with Crippen LogP contribution in [0.5, 0.6) is 5.75 Å². The molecule has 1 aromatic heterocycles. The first-order chi connectivity index (χ1) is 8.79. The highest BCUT2D eigenvalue weighted by atomic mass is 16.5. The standard InChI is InChI=1S/C13H14N2O3/c1-2-17-13(16)10-3-5-12(6-4-10)18-9-11-7-8-14-15-11/h3-8H,2,9H2,1H3,(H,14,15). The zero-order chi connectivity index (χ0) is 12.8. The SMILES string of the molecule is CCOC(=O)c1ccc(OCc2ccn[nH]2)cc1. The molecule has 5 heteroatoms. The molecule has 0 saturated heterocycles. The Bertz CT molecular complexity index is 491. The van der Waals surface area contributed by atoms with E-state index in [1.165, 1.54) is 0 Å². The summed E-state index contributed by atoms with van der Waals surface area (Å²) in [5.41, 5.74) is 1.41. The Morgan fingerprint density at radius 1 is 1.28 bits per heavy atom. The minimum atomic E-state index is -0.322. The van der Waals surface area contributed by atoms with Crippen molar-refractivity contribution in [3.63, 3.8) is 0 Å². The van der Waals surface area contributed by atoms with Gasteiger partial charge in [0, 0.05) is 6.20 Å². The van der Waals surface area contributed by atoms with Crippen LogP contribution in [0.4, 0.5) is 0 Å². The van der Waals surface area contributed by atoms with Crippen molar-refractivity contribution >= 4 is 5.97 Å². The monoisotopic (exact) mass is 246 g/mol. The van der Waals surface area contributed by atoms with Crippen LogP contribution in [0.1, 0.15) is 23.0 Å². The van der Waals surface area contributed by atoms with Gasteiger partial charge < -0.3 is 9.47 Å². The summed E-state index contributed by atoms with van der Waals surface area (Å²) in [7, 11) is 0. The molecule has 0 atom stereocenters. The lowest BCUT2D eigenvalue weighted by Gasteiger charge is -2.05. The Morgan fingerprint density at radius 2 is 2.06 bits per heavy atom. The average Bonchev–Trinajstić information content (AvgIpc) is 2.90. The van der Waals surface area contributed by atoms with Gasteiger partial charge in [-0.05, 0) is 37.3 Å². The molecule has 1 aromatic carbocycles. The summed E-state index contributed by atoms with van der Waals surface area (Å²) in [6.45, 7) is 2.56. The van der Waals surface area contributed by atoms with Gasteiger partial charge in [0.25, 0.3) is 0 Å². The summed E-state index contributed by atoms with van der Waals surface area (Å²) in [5.74, 6) is 0.371. The van der Waals surface area contributed by atoms with Crippen molar-refractivity contribution in [2.45, 2.75) is 13.5 Å². The van der Waals surface area contributed by atoms with Gasteiger partial charge in [-0.25, -0.2) is 4.79 Å². The Balaban J connectivity index is 1.93. The molecule has 0 bridgehead atoms. The summed E-state index contributed by atoms with van der Waals surface area (Å²) in [6, 6.07) is 8.68. The minimum Gasteiger partial charge on any atom is -0.487 e. The maximum absolute atomic E-state index is 11.4. The van der Waals surface area contributed by atoms with Gasteiger partial charge in [-0.3, -0.25) is 5.10 Å². The fourth-order valence-corrected chi connectivity index (χ4v) is 1.43. The molecule has 0 aliphatic heterocycles. The van der Waals surface area contributed by atoms with Crippen molar-refractivity contribution < 1.29 is 14.3 Å². The number of rotatable bonds is 5. The van der Waals surface area contributed by atoms with Gasteiger partial charge >= 0.3 is 5.97 Å². The van der Waals surface area contributed by atoms with Gasteiger partial charge in [-0.2, -0.15) is 5.10 Å². The van der Waals surface area contributed by atoms with Crippen molar-refractivity contribution in [1.29, 1.82) is 0 Å². The van der Waals surface area contributed by atoms with E-state index in [0.717, 1.165) is 5.69 Å². The van der Waals surface area contributed by atoms with Gasteiger partial charge in [0.2, 0.25) is 0 Å². The van der Waals surface area contributed by atoms with Crippen molar-refractivity contribution in [2.24, 2.45) is 0 Å². The van der Waals surface area contributed by atoms with Crippen molar-refractivity contribution in [2.75, 3.05) is 6.61 Å². The highest BCUT2D eigenvalue weighted by Gasteiger charge is 2.05. The lowest BCUT2D eigenvalue weighted by atomic mass is 10.2. The highest BCUT2D eigenvalue weighted by Crippen LogP contribution is 2.14. The number of nitrogens with one attached hydrogen (secondary N) is 1. The van der Waals surface area contributed by atoms with Crippen molar-refractivity contribution in [3.8, 4) is 5.75 Å². The number of nitrogens with zero attached hydrogens (tertiary/aromatic N) is 1. The number of aromatic nitrogens is 2. The Hall–Kier alpha value is -2.30. The third-order valence-corrected chi connectivity index (χ3v) is 2.32. The quantitative estimate of drug-likeness (QED) is 0.821. The summed E-state index contributed by atoms with van der Waals surface area (Å²) >= 11 is 0. The zero-order valence-electron chi connectivity index (χ0n) is 10.1. The molecular weight excluding hydrogens is 232 g/mol. The van der Waals surface area contributed by atoms with Gasteiger partial charge in [-0.1, -0.05) is 0 Å². The first-order valence-electron chi connectivity index (χ1n) is 5.68. The zero-order valence-corrected chi connectivity index (χ0v) is 10.1. The van der Waals surface area contributed by atoms with Crippen LogP contribution in [0.15, 0.2) is 36.5 Å². The minimum absolute atomic E-state index is 0.322. The highest BCUT2D eigenvalue weighted by molar-refractivity contribution is 5.89. The predicted octanol–water partition coefficient (Wildman–Crippen LogP) is 2.17. The maximum atomic E-state index is 11.4. The van der Waals surface area contributed by atoms with E-state index in [1.807, 2.05) is 6.07 Å². The molecule has 1 heterocycles. The summed E-state index contributed by atoms with van der Waals surface area (Å²) < 4.78 is 10.4. The number of ether oxygens (including phenoxy) is 2. The second-order valence-electron chi connectivity index (χ2n) is 3.62. The molecule has 0 fully saturated rings. The number of carbonyl (C=O) groups excluding carboxylic acids is 1. The van der Waals surface area contributed by atoms with Crippen LogP contribution in [0, 0.1) is 0 Å². The molecule has 18 heavy (non-hydrogen) atoms. The summed E-state index contributed by atoms with van der Waals surface area (Å²) in [6.07, 6.45) is 1.67. The maximum Gasteiger partial charge on any atom is 0.338 e. The van der Waals surface area contributed by atoms with E-state index in [-0.39, 0.29) is 5.97 Å². The average molecular weight is 246 g/mol. The molecule has 0 aliphatic rings. The number of H-pyrrole nitrogens is 1. The lowest BCUT2D eigenvalue weighted by molar-refractivity contribution is 0.0526. The third-order valence-electron chi connectivity index (χ3n) is 2.32. The third kappa shape index (κ3) is 3.10. The van der Waals surface area contributed by atoms with Gasteiger partial charge in [-0.15, -0.1) is 0 Å². The number of benzene rings is 1. The number of aromatic amines is 1. The lowest BCUT2D eigenvalue weighted by Crippen LogP contribution is -2.04. The molecule has 1 N–H and O–H groups in total. The largest absolute Gasteiger partial charge is 0.487 e. The second-order valence-corrected chi connectivity index (χ2v) is 3.62. The van der Waals surface area contributed by atoms with E-state index in [2.05, 4.69) is 10.2 Å². The Kier molecular flexibility index (Phi) is 3.96. The Morgan fingerprint density at radius 3 is 2.67 bits per heavy atom. The van der Waals surface area contributed by atoms with Crippen LogP contribution in [0.2, 0.25) is 0 Å². The fraction of sp³-hybridized carbons (Fsp3) is 0.231. The summed E-state index contributed by atoms with van der Waals surface area (Å²) in [5, 5.41) is 6.63. The normalized spacial score (nSPS) is 10.1. The Labute approximate surface area is 105 Å². The summed E-state index contributed by atoms with van der Waals surface area (Å²) in [4.78, 5) is 11.4. The van der Waals surface area contributed by atoms with Gasteiger partial charge in [0.15, 0.2) is 0 Å². The van der Waals surface area contributed by atoms with E-state index in [9.17, 15) is 4.79 Å². The van der Waals surface area contributed by atoms with E-state index < -0.39 is 0 Å². The van der Waals surface area contributed by atoms with Gasteiger partial charge in [0.05, 0.1) is 17.9 Å². The van der Waals surface area contributed by atoms with E-state index in [1.54, 1.807) is 37.4 Å². The molecule has 2 rings (SSSR count). The van der Waals surface area contributed by atoms with E-state index in [0.29, 0.717) is 24.5 Å². The van der Waals surface area contributed by atoms with Crippen molar-refractivity contribution in [1.82, 2.24) is 10.2 Å². The fourth-order valence-electron chi connectivity index (χ4n) is 1.43. The molecule has 94 valence electrons. The van der Waals surface area contributed by atoms with E-state index >= 15 is 0 Å². The van der Waals surface area contributed by atoms with Crippen molar-refractivity contribution in [3.05, 3.63) is 47.8 Å². The number of hydrogen-bond donors (Lipinski definition) is 1. The van der Waals surface area contributed by atoms with Crippen LogP contribution in [-0.2, 0) is 11.3 Å². The molecule has 0 spiro atoms. The topological polar surface area (TPSA) is 64.2 Å². The number of carbonyl (C=O) groups is 1. The molecule has 0 aliphatic carbocycles. The van der Waals surface area contributed by atoms with Crippen LogP contribution >= 0.6 is 0 Å². The van der Waals surface area contributed by atoms with Crippen LogP contribution in [0.3, 0.4) is 0 Å². The van der Waals surface area contributed by atoms with Crippen LogP contribution in [0.25, 0.3) is 0 Å². The van der Waals surface area contributed by atoms with Gasteiger partial charge in [0.1, 0.15) is 12.4 Å². The molecule has 0 amide bonds. The number of esters is 1. The number of hydrogen-bond acceptors (Lipinski definition) is 4. The predicted molar refractivity (Wildman–Crippen MR) is 65.3 cm³/mol. The molecular formula is C13H14N2O3. The molecule has 0 saturated carbocycles. The molecule has 0 unspecified atom stereocenters. The van der Waals surface area contributed by atoms with Crippen LogP contribution in [-0.4, -0.2) is 22.8 Å². The van der Waals surface area contributed by atoms with E-state index in [4.69, 9.17) is 9.47 Å². The molecule has 0 radical (unpaired) electrons. The second kappa shape index (κ2) is 5.86. The first kappa shape index (κ1) is 12.2. The molecule has 2 aromatic rings. The van der Waals surface area contributed by atoms with Crippen LogP contribution < -0.4 is 4.74 Å². The first-order valence-corrected chi connectivity index (χ1v) is 5.68. The smallest absolute Gasteiger partial charge is 0.338 e. The molecule has 5 nitrogen and oxygen atoms in total.